The van der Waals surface area contributed by atoms with Gasteiger partial charge in [0.05, 0.1) is 0 Å². The van der Waals surface area contributed by atoms with Crippen molar-refractivity contribution in [2.45, 2.75) is 39.5 Å². The molecule has 0 aliphatic carbocycles. The van der Waals surface area contributed by atoms with Crippen molar-refractivity contribution >= 4 is 0 Å². The zero-order valence-corrected chi connectivity index (χ0v) is 9.46. The number of hydrogen-bond donors (Lipinski definition) is 0. The van der Waals surface area contributed by atoms with Crippen LogP contribution in [0.15, 0.2) is 42.0 Å². The largest absolute Gasteiger partial charge is 0.0781 e. The molecule has 0 spiro atoms. The predicted molar refractivity (Wildman–Crippen MR) is 63.5 cm³/mol. The smallest absolute Gasteiger partial charge is 0.00179 e. The number of rotatable bonds is 4. The summed E-state index contributed by atoms with van der Waals surface area (Å²) in [5.41, 5.74) is 2.92. The van der Waals surface area contributed by atoms with Gasteiger partial charge < -0.3 is 0 Å². The van der Waals surface area contributed by atoms with E-state index in [1.165, 1.54) is 17.6 Å². The maximum Gasteiger partial charge on any atom is 0.00179 e. The Morgan fingerprint density at radius 1 is 1.21 bits per heavy atom. The second kappa shape index (κ2) is 5.64. The van der Waals surface area contributed by atoms with Gasteiger partial charge in [0.1, 0.15) is 0 Å². The molecule has 1 aromatic rings. The van der Waals surface area contributed by atoms with E-state index in [-0.39, 0.29) is 0 Å². The Kier molecular flexibility index (Phi) is 4.45. The van der Waals surface area contributed by atoms with Gasteiger partial charge in [-0.3, -0.25) is 0 Å². The van der Waals surface area contributed by atoms with Gasteiger partial charge in [0, 0.05) is 5.92 Å². The lowest BCUT2D eigenvalue weighted by Crippen LogP contribution is -1.93. The Morgan fingerprint density at radius 2 is 1.86 bits per heavy atom. The summed E-state index contributed by atoms with van der Waals surface area (Å²) < 4.78 is 0. The Labute approximate surface area is 87.7 Å². The van der Waals surface area contributed by atoms with Gasteiger partial charge in [-0.15, -0.1) is 0 Å². The maximum absolute atomic E-state index is 2.40. The summed E-state index contributed by atoms with van der Waals surface area (Å²) in [6, 6.07) is 10.7. The van der Waals surface area contributed by atoms with Crippen molar-refractivity contribution in [3.05, 3.63) is 47.5 Å². The lowest BCUT2D eigenvalue weighted by atomic mass is 9.94. The third-order valence-corrected chi connectivity index (χ3v) is 2.71. The standard InChI is InChI=1S/C14H20/c1-4-12(3)11-13(5-2)14-9-7-6-8-10-14/h6-11,13H,4-5H2,1-3H3/t13-/m1/s1. The summed E-state index contributed by atoms with van der Waals surface area (Å²) in [6.07, 6.45) is 4.74. The number of benzene rings is 1. The number of allylic oxidation sites excluding steroid dienone is 2. The molecule has 0 saturated carbocycles. The summed E-state index contributed by atoms with van der Waals surface area (Å²) in [7, 11) is 0. The lowest BCUT2D eigenvalue weighted by molar-refractivity contribution is 0.793. The van der Waals surface area contributed by atoms with E-state index in [1.807, 2.05) is 0 Å². The first kappa shape index (κ1) is 11.0. The fraction of sp³-hybridized carbons (Fsp3) is 0.429. The molecule has 0 unspecified atom stereocenters. The van der Waals surface area contributed by atoms with Gasteiger partial charge in [0.2, 0.25) is 0 Å². The van der Waals surface area contributed by atoms with Crippen LogP contribution in [0.4, 0.5) is 0 Å². The van der Waals surface area contributed by atoms with Crippen molar-refractivity contribution in [3.63, 3.8) is 0 Å². The second-order valence-electron chi connectivity index (χ2n) is 3.79. The van der Waals surface area contributed by atoms with Crippen LogP contribution in [-0.4, -0.2) is 0 Å². The molecule has 1 aromatic carbocycles. The van der Waals surface area contributed by atoms with E-state index in [0.29, 0.717) is 5.92 Å². The van der Waals surface area contributed by atoms with Crippen LogP contribution < -0.4 is 0 Å². The zero-order chi connectivity index (χ0) is 10.4. The molecule has 0 heterocycles. The van der Waals surface area contributed by atoms with E-state index in [9.17, 15) is 0 Å². The van der Waals surface area contributed by atoms with Crippen LogP contribution in [0.25, 0.3) is 0 Å². The van der Waals surface area contributed by atoms with Crippen LogP contribution in [0.3, 0.4) is 0 Å². The van der Waals surface area contributed by atoms with Crippen LogP contribution in [0.5, 0.6) is 0 Å². The van der Waals surface area contributed by atoms with Crippen LogP contribution >= 0.6 is 0 Å². The van der Waals surface area contributed by atoms with Gasteiger partial charge in [-0.05, 0) is 25.3 Å². The van der Waals surface area contributed by atoms with E-state index in [0.717, 1.165) is 6.42 Å². The van der Waals surface area contributed by atoms with Crippen LogP contribution in [0, 0.1) is 0 Å². The Balaban J connectivity index is 2.83. The van der Waals surface area contributed by atoms with Gasteiger partial charge >= 0.3 is 0 Å². The van der Waals surface area contributed by atoms with E-state index >= 15 is 0 Å². The first-order chi connectivity index (χ1) is 6.77. The molecule has 0 aliphatic rings. The zero-order valence-electron chi connectivity index (χ0n) is 9.46. The summed E-state index contributed by atoms with van der Waals surface area (Å²) >= 11 is 0. The lowest BCUT2D eigenvalue weighted by Gasteiger charge is -2.11. The highest BCUT2D eigenvalue weighted by molar-refractivity contribution is 5.24. The predicted octanol–water partition coefficient (Wildman–Crippen LogP) is 4.54. The fourth-order valence-corrected chi connectivity index (χ4v) is 1.61. The van der Waals surface area contributed by atoms with Crippen molar-refractivity contribution in [2.24, 2.45) is 0 Å². The molecule has 0 aromatic heterocycles. The van der Waals surface area contributed by atoms with Crippen molar-refractivity contribution < 1.29 is 0 Å². The molecule has 0 radical (unpaired) electrons. The molecule has 0 nitrogen and oxygen atoms in total. The first-order valence-electron chi connectivity index (χ1n) is 5.50. The van der Waals surface area contributed by atoms with Crippen molar-refractivity contribution in [1.29, 1.82) is 0 Å². The molecule has 76 valence electrons. The monoisotopic (exact) mass is 188 g/mol. The first-order valence-corrected chi connectivity index (χ1v) is 5.50. The molecule has 0 bridgehead atoms. The number of hydrogen-bond acceptors (Lipinski definition) is 0. The van der Waals surface area contributed by atoms with Crippen LogP contribution in [0.2, 0.25) is 0 Å². The maximum atomic E-state index is 2.40. The second-order valence-corrected chi connectivity index (χ2v) is 3.79. The molecule has 0 aliphatic heterocycles. The summed E-state index contributed by atoms with van der Waals surface area (Å²) in [4.78, 5) is 0. The Hall–Kier alpha value is -1.04. The molecule has 1 atom stereocenters. The molecule has 14 heavy (non-hydrogen) atoms. The van der Waals surface area contributed by atoms with Gasteiger partial charge in [-0.25, -0.2) is 0 Å². The van der Waals surface area contributed by atoms with Gasteiger partial charge in [0.15, 0.2) is 0 Å². The minimum absolute atomic E-state index is 0.594. The minimum Gasteiger partial charge on any atom is -0.0781 e. The van der Waals surface area contributed by atoms with Crippen molar-refractivity contribution in [2.75, 3.05) is 0 Å². The van der Waals surface area contributed by atoms with Crippen LogP contribution in [0.1, 0.15) is 45.1 Å². The summed E-state index contributed by atoms with van der Waals surface area (Å²) in [5, 5.41) is 0. The third-order valence-electron chi connectivity index (χ3n) is 2.71. The third kappa shape index (κ3) is 3.02. The highest BCUT2D eigenvalue weighted by Gasteiger charge is 2.04. The SMILES string of the molecule is CCC(C)=C[C@@H](CC)c1ccccc1. The molecule has 0 N–H and O–H groups in total. The van der Waals surface area contributed by atoms with Gasteiger partial charge in [-0.2, -0.15) is 0 Å². The van der Waals surface area contributed by atoms with Crippen molar-refractivity contribution in [3.8, 4) is 0 Å². The average Bonchev–Trinajstić information content (AvgIpc) is 2.26. The van der Waals surface area contributed by atoms with Crippen molar-refractivity contribution in [1.82, 2.24) is 0 Å². The van der Waals surface area contributed by atoms with E-state index in [4.69, 9.17) is 0 Å². The normalized spacial score (nSPS) is 14.1. The molecule has 0 heteroatoms. The molecule has 0 saturated heterocycles. The van der Waals surface area contributed by atoms with Gasteiger partial charge in [-0.1, -0.05) is 55.8 Å². The quantitative estimate of drug-likeness (QED) is 0.609. The highest BCUT2D eigenvalue weighted by atomic mass is 14.1. The molecule has 0 amide bonds. The van der Waals surface area contributed by atoms with E-state index < -0.39 is 0 Å². The van der Waals surface area contributed by atoms with E-state index in [2.05, 4.69) is 57.2 Å². The Morgan fingerprint density at radius 3 is 2.36 bits per heavy atom. The minimum atomic E-state index is 0.594. The average molecular weight is 188 g/mol. The Bertz CT molecular complexity index is 282. The topological polar surface area (TPSA) is 0 Å². The molecule has 1 rings (SSSR count). The van der Waals surface area contributed by atoms with Gasteiger partial charge in [0.25, 0.3) is 0 Å². The van der Waals surface area contributed by atoms with Crippen LogP contribution in [-0.2, 0) is 0 Å². The summed E-state index contributed by atoms with van der Waals surface area (Å²) in [5.74, 6) is 0.594. The summed E-state index contributed by atoms with van der Waals surface area (Å²) in [6.45, 7) is 6.67. The molecular weight excluding hydrogens is 168 g/mol. The van der Waals surface area contributed by atoms with E-state index in [1.54, 1.807) is 0 Å². The fourth-order valence-electron chi connectivity index (χ4n) is 1.61. The molecule has 0 fully saturated rings. The highest BCUT2D eigenvalue weighted by Crippen LogP contribution is 2.22. The molecular formula is C14H20.